The molecule has 1 aliphatic rings. The molecular weight excluding hydrogens is 214 g/mol. The number of anilines is 1. The minimum absolute atomic E-state index is 0.918. The highest BCUT2D eigenvalue weighted by molar-refractivity contribution is 6.88. The summed E-state index contributed by atoms with van der Waals surface area (Å²) in [6.07, 6.45) is 7.97. The Balaban J connectivity index is 2.12. The van der Waals surface area contributed by atoms with Crippen molar-refractivity contribution < 1.29 is 0 Å². The van der Waals surface area contributed by atoms with Crippen LogP contribution in [0.1, 0.15) is 19.3 Å². The molecule has 3 nitrogen and oxygen atoms in total. The minimum Gasteiger partial charge on any atom is -0.341 e. The summed E-state index contributed by atoms with van der Waals surface area (Å²) in [5, 5.41) is 1.34. The second-order valence-electron chi connectivity index (χ2n) is 5.57. The van der Waals surface area contributed by atoms with Crippen LogP contribution in [-0.4, -0.2) is 31.1 Å². The van der Waals surface area contributed by atoms with Gasteiger partial charge in [0.25, 0.3) is 0 Å². The van der Waals surface area contributed by atoms with Gasteiger partial charge in [0.05, 0.1) is 8.07 Å². The first-order valence-corrected chi connectivity index (χ1v) is 9.65. The first kappa shape index (κ1) is 11.6. The highest BCUT2D eigenvalue weighted by Crippen LogP contribution is 2.14. The summed E-state index contributed by atoms with van der Waals surface area (Å²) in [6, 6.07) is 0. The van der Waals surface area contributed by atoms with E-state index in [9.17, 15) is 0 Å². The van der Waals surface area contributed by atoms with Crippen molar-refractivity contribution in [3.63, 3.8) is 0 Å². The van der Waals surface area contributed by atoms with E-state index in [1.54, 1.807) is 0 Å². The van der Waals surface area contributed by atoms with Crippen LogP contribution in [0.2, 0.25) is 19.6 Å². The molecule has 88 valence electrons. The van der Waals surface area contributed by atoms with E-state index in [2.05, 4.69) is 34.5 Å². The third-order valence-corrected chi connectivity index (χ3v) is 5.13. The average molecular weight is 235 g/mol. The van der Waals surface area contributed by atoms with E-state index in [0.717, 1.165) is 19.0 Å². The number of hydrogen-bond acceptors (Lipinski definition) is 3. The first-order valence-electron chi connectivity index (χ1n) is 6.15. The van der Waals surface area contributed by atoms with Crippen molar-refractivity contribution in [1.82, 2.24) is 9.97 Å². The Labute approximate surface area is 98.9 Å². The Morgan fingerprint density at radius 1 is 1.00 bits per heavy atom. The van der Waals surface area contributed by atoms with E-state index in [1.807, 2.05) is 12.4 Å². The van der Waals surface area contributed by atoms with Crippen LogP contribution in [0.4, 0.5) is 5.95 Å². The predicted octanol–water partition coefficient (Wildman–Crippen LogP) is 2.01. The molecule has 0 radical (unpaired) electrons. The van der Waals surface area contributed by atoms with Crippen LogP contribution >= 0.6 is 0 Å². The number of piperidine rings is 1. The molecule has 1 aromatic heterocycles. The van der Waals surface area contributed by atoms with E-state index in [4.69, 9.17) is 0 Å². The van der Waals surface area contributed by atoms with Crippen molar-refractivity contribution in [3.05, 3.63) is 12.4 Å². The van der Waals surface area contributed by atoms with Gasteiger partial charge in [-0.15, -0.1) is 0 Å². The molecule has 0 unspecified atom stereocenters. The Bertz CT molecular complexity index is 336. The van der Waals surface area contributed by atoms with Gasteiger partial charge in [-0.05, 0) is 24.4 Å². The standard InChI is InChI=1S/C12H21N3Si/c1-16(2,3)11-9-13-12(14-10-11)15-7-5-4-6-8-15/h9-10H,4-8H2,1-3H3. The molecule has 0 aliphatic carbocycles. The van der Waals surface area contributed by atoms with Gasteiger partial charge in [0.1, 0.15) is 0 Å². The summed E-state index contributed by atoms with van der Waals surface area (Å²) >= 11 is 0. The molecule has 0 amide bonds. The highest BCUT2D eigenvalue weighted by atomic mass is 28.3. The lowest BCUT2D eigenvalue weighted by Crippen LogP contribution is -2.39. The Kier molecular flexibility index (Phi) is 3.28. The molecule has 0 aromatic carbocycles. The number of hydrogen-bond donors (Lipinski definition) is 0. The largest absolute Gasteiger partial charge is 0.341 e. The normalized spacial score (nSPS) is 17.6. The molecule has 2 rings (SSSR count). The Morgan fingerprint density at radius 3 is 2.06 bits per heavy atom. The summed E-state index contributed by atoms with van der Waals surface area (Å²) in [5.74, 6) is 0.918. The molecule has 0 spiro atoms. The monoisotopic (exact) mass is 235 g/mol. The molecule has 0 saturated carbocycles. The summed E-state index contributed by atoms with van der Waals surface area (Å²) < 4.78 is 0. The van der Waals surface area contributed by atoms with Crippen LogP contribution in [0.25, 0.3) is 0 Å². The summed E-state index contributed by atoms with van der Waals surface area (Å²) in [6.45, 7) is 9.21. The van der Waals surface area contributed by atoms with Gasteiger partial charge in [-0.3, -0.25) is 0 Å². The van der Waals surface area contributed by atoms with Crippen molar-refractivity contribution in [1.29, 1.82) is 0 Å². The lowest BCUT2D eigenvalue weighted by Gasteiger charge is -2.27. The molecule has 1 aliphatic heterocycles. The fourth-order valence-corrected chi connectivity index (χ4v) is 2.87. The maximum absolute atomic E-state index is 4.52. The zero-order chi connectivity index (χ0) is 11.6. The van der Waals surface area contributed by atoms with Crippen molar-refractivity contribution >= 4 is 19.2 Å². The van der Waals surface area contributed by atoms with Gasteiger partial charge in [0.2, 0.25) is 5.95 Å². The van der Waals surface area contributed by atoms with Crippen LogP contribution < -0.4 is 10.1 Å². The molecule has 0 bridgehead atoms. The fourth-order valence-electron chi connectivity index (χ4n) is 1.97. The van der Waals surface area contributed by atoms with Gasteiger partial charge in [0, 0.05) is 25.5 Å². The van der Waals surface area contributed by atoms with E-state index in [1.165, 1.54) is 24.4 Å². The van der Waals surface area contributed by atoms with Crippen LogP contribution in [0.15, 0.2) is 12.4 Å². The van der Waals surface area contributed by atoms with Crippen molar-refractivity contribution in [3.8, 4) is 0 Å². The lowest BCUT2D eigenvalue weighted by atomic mass is 10.1. The van der Waals surface area contributed by atoms with Crippen LogP contribution in [0.5, 0.6) is 0 Å². The van der Waals surface area contributed by atoms with Gasteiger partial charge < -0.3 is 4.90 Å². The Hall–Kier alpha value is -0.903. The Morgan fingerprint density at radius 2 is 1.56 bits per heavy atom. The van der Waals surface area contributed by atoms with Gasteiger partial charge in [-0.1, -0.05) is 19.6 Å². The number of aromatic nitrogens is 2. The van der Waals surface area contributed by atoms with Crippen molar-refractivity contribution in [2.75, 3.05) is 18.0 Å². The third kappa shape index (κ3) is 2.61. The van der Waals surface area contributed by atoms with Crippen LogP contribution in [0.3, 0.4) is 0 Å². The molecule has 1 fully saturated rings. The van der Waals surface area contributed by atoms with Gasteiger partial charge in [0.15, 0.2) is 0 Å². The quantitative estimate of drug-likeness (QED) is 0.734. The second kappa shape index (κ2) is 4.53. The molecule has 1 saturated heterocycles. The summed E-state index contributed by atoms with van der Waals surface area (Å²) in [5.41, 5.74) is 0. The molecule has 4 heteroatoms. The predicted molar refractivity (Wildman–Crippen MR) is 71.1 cm³/mol. The SMILES string of the molecule is C[Si](C)(C)c1cnc(N2CCCCC2)nc1. The van der Waals surface area contributed by atoms with Gasteiger partial charge >= 0.3 is 0 Å². The van der Waals surface area contributed by atoms with Gasteiger partial charge in [-0.2, -0.15) is 0 Å². The summed E-state index contributed by atoms with van der Waals surface area (Å²) in [7, 11) is -1.25. The molecular formula is C12H21N3Si. The molecule has 0 atom stereocenters. The minimum atomic E-state index is -1.25. The van der Waals surface area contributed by atoms with Crippen LogP contribution in [0, 0.1) is 0 Å². The second-order valence-corrected chi connectivity index (χ2v) is 10.6. The fraction of sp³-hybridized carbons (Fsp3) is 0.667. The molecule has 2 heterocycles. The molecule has 16 heavy (non-hydrogen) atoms. The van der Waals surface area contributed by atoms with Crippen molar-refractivity contribution in [2.24, 2.45) is 0 Å². The zero-order valence-corrected chi connectivity index (χ0v) is 11.5. The topological polar surface area (TPSA) is 29.0 Å². The highest BCUT2D eigenvalue weighted by Gasteiger charge is 2.18. The third-order valence-electron chi connectivity index (χ3n) is 3.14. The van der Waals surface area contributed by atoms with Gasteiger partial charge in [-0.25, -0.2) is 9.97 Å². The van der Waals surface area contributed by atoms with E-state index in [-0.39, 0.29) is 0 Å². The molecule has 0 N–H and O–H groups in total. The molecule has 1 aromatic rings. The first-order chi connectivity index (χ1) is 7.57. The van der Waals surface area contributed by atoms with Crippen molar-refractivity contribution in [2.45, 2.75) is 38.9 Å². The average Bonchev–Trinajstić information content (AvgIpc) is 2.29. The van der Waals surface area contributed by atoms with E-state index in [0.29, 0.717) is 0 Å². The number of nitrogens with zero attached hydrogens (tertiary/aromatic N) is 3. The lowest BCUT2D eigenvalue weighted by molar-refractivity contribution is 0.568. The van der Waals surface area contributed by atoms with E-state index >= 15 is 0 Å². The zero-order valence-electron chi connectivity index (χ0n) is 10.5. The van der Waals surface area contributed by atoms with Crippen LogP contribution in [-0.2, 0) is 0 Å². The summed E-state index contributed by atoms with van der Waals surface area (Å²) in [4.78, 5) is 11.3. The smallest absolute Gasteiger partial charge is 0.225 e. The maximum Gasteiger partial charge on any atom is 0.225 e. The number of rotatable bonds is 2. The maximum atomic E-state index is 4.52. The van der Waals surface area contributed by atoms with E-state index < -0.39 is 8.07 Å².